The van der Waals surface area contributed by atoms with Crippen molar-refractivity contribution in [1.82, 2.24) is 19.7 Å². The second-order valence-electron chi connectivity index (χ2n) is 7.75. The van der Waals surface area contributed by atoms with Crippen molar-refractivity contribution in [3.63, 3.8) is 0 Å². The van der Waals surface area contributed by atoms with Gasteiger partial charge < -0.3 is 4.42 Å². The van der Waals surface area contributed by atoms with Crippen LogP contribution >= 0.6 is 23.1 Å². The number of aryl methyl sites for hydroxylation is 2. The molecule has 0 bridgehead atoms. The number of thioether (sulfide) groups is 1. The highest BCUT2D eigenvalue weighted by molar-refractivity contribution is 7.98. The number of furan rings is 1. The van der Waals surface area contributed by atoms with Crippen LogP contribution in [0.5, 0.6) is 0 Å². The van der Waals surface area contributed by atoms with Crippen LogP contribution in [0, 0.1) is 6.92 Å². The fraction of sp³-hybridized carbons (Fsp3) is 0.192. The Morgan fingerprint density at radius 3 is 2.52 bits per heavy atom. The van der Waals surface area contributed by atoms with E-state index in [0.717, 1.165) is 45.2 Å². The average Bonchev–Trinajstić information content (AvgIpc) is 3.59. The van der Waals surface area contributed by atoms with Crippen molar-refractivity contribution in [2.75, 3.05) is 0 Å². The molecule has 0 spiro atoms. The maximum Gasteiger partial charge on any atom is 0.192 e. The van der Waals surface area contributed by atoms with Crippen molar-refractivity contribution >= 4 is 23.1 Å². The van der Waals surface area contributed by atoms with E-state index in [1.165, 1.54) is 16.7 Å². The molecule has 33 heavy (non-hydrogen) atoms. The van der Waals surface area contributed by atoms with Crippen molar-refractivity contribution in [3.05, 3.63) is 94.9 Å². The summed E-state index contributed by atoms with van der Waals surface area (Å²) < 4.78 is 7.69. The lowest BCUT2D eigenvalue weighted by atomic mass is 10.1. The van der Waals surface area contributed by atoms with Gasteiger partial charge in [-0.1, -0.05) is 73.3 Å². The molecule has 0 fully saturated rings. The van der Waals surface area contributed by atoms with Gasteiger partial charge in [0.2, 0.25) is 0 Å². The van der Waals surface area contributed by atoms with Crippen LogP contribution in [-0.2, 0) is 18.7 Å². The van der Waals surface area contributed by atoms with Gasteiger partial charge in [-0.3, -0.25) is 4.57 Å². The minimum atomic E-state index is 0.697. The second-order valence-corrected chi connectivity index (χ2v) is 9.55. The summed E-state index contributed by atoms with van der Waals surface area (Å²) in [5.74, 6) is 2.40. The Morgan fingerprint density at radius 2 is 1.79 bits per heavy atom. The highest BCUT2D eigenvalue weighted by Crippen LogP contribution is 2.31. The molecule has 0 atom stereocenters. The summed E-state index contributed by atoms with van der Waals surface area (Å²) in [6.45, 7) is 4.82. The lowest BCUT2D eigenvalue weighted by molar-refractivity contribution is 0.534. The SMILES string of the molecule is CCc1ccc(-c2nc(CSc3nnc(-c4ccoc4C)n3Cc3ccccc3)cs2)cc1. The van der Waals surface area contributed by atoms with Crippen LogP contribution in [0.1, 0.15) is 29.5 Å². The second kappa shape index (κ2) is 9.77. The molecule has 0 aliphatic heterocycles. The van der Waals surface area contributed by atoms with E-state index in [1.54, 1.807) is 29.4 Å². The topological polar surface area (TPSA) is 56.7 Å². The van der Waals surface area contributed by atoms with Gasteiger partial charge >= 0.3 is 0 Å². The molecule has 0 aliphatic carbocycles. The van der Waals surface area contributed by atoms with Crippen LogP contribution in [0.3, 0.4) is 0 Å². The molecular weight excluding hydrogens is 448 g/mol. The van der Waals surface area contributed by atoms with Gasteiger partial charge in [0, 0.05) is 16.7 Å². The molecule has 0 unspecified atom stereocenters. The first kappa shape index (κ1) is 21.7. The Balaban J connectivity index is 1.38. The van der Waals surface area contributed by atoms with Gasteiger partial charge in [-0.2, -0.15) is 0 Å². The Kier molecular flexibility index (Phi) is 6.41. The summed E-state index contributed by atoms with van der Waals surface area (Å²) in [4.78, 5) is 4.86. The van der Waals surface area contributed by atoms with Gasteiger partial charge in [0.25, 0.3) is 0 Å². The molecule has 0 radical (unpaired) electrons. The molecule has 0 saturated heterocycles. The van der Waals surface area contributed by atoms with E-state index in [4.69, 9.17) is 9.40 Å². The van der Waals surface area contributed by atoms with Crippen molar-refractivity contribution in [2.45, 2.75) is 37.7 Å². The molecule has 3 aromatic heterocycles. The van der Waals surface area contributed by atoms with E-state index in [1.807, 2.05) is 19.1 Å². The van der Waals surface area contributed by atoms with E-state index < -0.39 is 0 Å². The number of rotatable bonds is 8. The first-order valence-electron chi connectivity index (χ1n) is 10.9. The van der Waals surface area contributed by atoms with Crippen LogP contribution < -0.4 is 0 Å². The summed E-state index contributed by atoms with van der Waals surface area (Å²) in [7, 11) is 0. The van der Waals surface area contributed by atoms with E-state index in [2.05, 4.69) is 75.6 Å². The molecule has 5 nitrogen and oxygen atoms in total. The summed E-state index contributed by atoms with van der Waals surface area (Å²) in [6, 6.07) is 21.0. The number of hydrogen-bond acceptors (Lipinski definition) is 6. The Morgan fingerprint density at radius 1 is 0.970 bits per heavy atom. The average molecular weight is 473 g/mol. The number of aromatic nitrogens is 4. The summed E-state index contributed by atoms with van der Waals surface area (Å²) in [5.41, 5.74) is 5.73. The molecule has 5 aromatic rings. The molecule has 0 amide bonds. The van der Waals surface area contributed by atoms with Gasteiger partial charge in [-0.05, 0) is 30.5 Å². The quantitative estimate of drug-likeness (QED) is 0.231. The minimum Gasteiger partial charge on any atom is -0.469 e. The number of benzene rings is 2. The predicted octanol–water partition coefficient (Wildman–Crippen LogP) is 6.87. The molecule has 2 aromatic carbocycles. The monoisotopic (exact) mass is 472 g/mol. The third-order valence-electron chi connectivity index (χ3n) is 5.51. The number of hydrogen-bond donors (Lipinski definition) is 0. The van der Waals surface area contributed by atoms with Gasteiger partial charge in [-0.15, -0.1) is 21.5 Å². The molecule has 7 heteroatoms. The standard InChI is InChI=1S/C26H24N4OS2/c1-3-19-9-11-21(12-10-19)25-27-22(16-32-25)17-33-26-29-28-24(23-13-14-31-18(23)2)30(26)15-20-7-5-4-6-8-20/h4-14,16H,3,15,17H2,1-2H3. The molecule has 3 heterocycles. The predicted molar refractivity (Wildman–Crippen MR) is 134 cm³/mol. The Bertz CT molecular complexity index is 1340. The molecule has 0 aliphatic rings. The summed E-state index contributed by atoms with van der Waals surface area (Å²) in [6.07, 6.45) is 2.74. The third kappa shape index (κ3) is 4.79. The van der Waals surface area contributed by atoms with Crippen LogP contribution in [0.15, 0.2) is 81.9 Å². The van der Waals surface area contributed by atoms with Gasteiger partial charge in [0.1, 0.15) is 10.8 Å². The summed E-state index contributed by atoms with van der Waals surface area (Å²) in [5, 5.41) is 13.1. The van der Waals surface area contributed by atoms with Gasteiger partial charge in [-0.25, -0.2) is 4.98 Å². The van der Waals surface area contributed by atoms with E-state index in [0.29, 0.717) is 6.54 Å². The Hall–Kier alpha value is -3.16. The van der Waals surface area contributed by atoms with Crippen molar-refractivity contribution in [2.24, 2.45) is 0 Å². The van der Waals surface area contributed by atoms with Crippen molar-refractivity contribution in [1.29, 1.82) is 0 Å². The van der Waals surface area contributed by atoms with Crippen molar-refractivity contribution in [3.8, 4) is 22.0 Å². The first-order valence-corrected chi connectivity index (χ1v) is 12.8. The van der Waals surface area contributed by atoms with Crippen LogP contribution in [-0.4, -0.2) is 19.7 Å². The fourth-order valence-electron chi connectivity index (χ4n) is 3.65. The lowest BCUT2D eigenvalue weighted by Crippen LogP contribution is -2.04. The smallest absolute Gasteiger partial charge is 0.192 e. The largest absolute Gasteiger partial charge is 0.469 e. The molecule has 0 N–H and O–H groups in total. The zero-order chi connectivity index (χ0) is 22.6. The molecular formula is C26H24N4OS2. The minimum absolute atomic E-state index is 0.697. The van der Waals surface area contributed by atoms with Crippen LogP contribution in [0.25, 0.3) is 22.0 Å². The van der Waals surface area contributed by atoms with Gasteiger partial charge in [0.05, 0.1) is 24.1 Å². The normalized spacial score (nSPS) is 11.2. The molecule has 5 rings (SSSR count). The Labute approximate surface area is 201 Å². The number of thiazole rings is 1. The number of nitrogens with zero attached hydrogens (tertiary/aromatic N) is 4. The summed E-state index contributed by atoms with van der Waals surface area (Å²) >= 11 is 3.34. The van der Waals surface area contributed by atoms with E-state index in [-0.39, 0.29) is 0 Å². The first-order chi connectivity index (χ1) is 16.2. The zero-order valence-corrected chi connectivity index (χ0v) is 20.2. The zero-order valence-electron chi connectivity index (χ0n) is 18.6. The third-order valence-corrected chi connectivity index (χ3v) is 7.45. The van der Waals surface area contributed by atoms with E-state index in [9.17, 15) is 0 Å². The maximum atomic E-state index is 5.53. The van der Waals surface area contributed by atoms with Crippen LogP contribution in [0.4, 0.5) is 0 Å². The van der Waals surface area contributed by atoms with Gasteiger partial charge in [0.15, 0.2) is 11.0 Å². The fourth-order valence-corrected chi connectivity index (χ4v) is 5.41. The molecule has 0 saturated carbocycles. The van der Waals surface area contributed by atoms with Crippen LogP contribution in [0.2, 0.25) is 0 Å². The highest BCUT2D eigenvalue weighted by Gasteiger charge is 2.18. The molecule has 166 valence electrons. The van der Waals surface area contributed by atoms with Crippen molar-refractivity contribution < 1.29 is 4.42 Å². The highest BCUT2D eigenvalue weighted by atomic mass is 32.2. The maximum absolute atomic E-state index is 5.53. The lowest BCUT2D eigenvalue weighted by Gasteiger charge is -2.10. The van der Waals surface area contributed by atoms with E-state index >= 15 is 0 Å².